The van der Waals surface area contributed by atoms with Crippen LogP contribution in [-0.4, -0.2) is 13.7 Å². The monoisotopic (exact) mass is 212 g/mol. The van der Waals surface area contributed by atoms with Crippen LogP contribution in [0, 0.1) is 6.92 Å². The van der Waals surface area contributed by atoms with E-state index in [0.717, 1.165) is 15.8 Å². The summed E-state index contributed by atoms with van der Waals surface area (Å²) in [6.07, 6.45) is 0. The summed E-state index contributed by atoms with van der Waals surface area (Å²) in [6.45, 7) is 1.95. The Hall–Kier alpha value is -0.780. The molecule has 0 aliphatic heterocycles. The summed E-state index contributed by atoms with van der Waals surface area (Å²) in [6, 6.07) is 5.71. The van der Waals surface area contributed by atoms with Gasteiger partial charge in [0.05, 0.1) is 10.2 Å². The Labute approximate surface area is 81.7 Å². The lowest BCUT2D eigenvalue weighted by Gasteiger charge is -1.95. The highest BCUT2D eigenvalue weighted by Crippen LogP contribution is 2.24. The van der Waals surface area contributed by atoms with Gasteiger partial charge in [-0.05, 0) is 24.6 Å². The van der Waals surface area contributed by atoms with Crippen LogP contribution in [-0.2, 0) is 11.1 Å². The maximum absolute atomic E-state index is 10.6. The molecule has 1 atom stereocenters. The van der Waals surface area contributed by atoms with Gasteiger partial charge in [0.1, 0.15) is 0 Å². The Morgan fingerprint density at radius 1 is 1.54 bits per heavy atom. The van der Waals surface area contributed by atoms with Crippen LogP contribution in [0.15, 0.2) is 22.5 Å². The van der Waals surface area contributed by atoms with E-state index in [1.165, 1.54) is 11.3 Å². The molecule has 2 rings (SSSR count). The van der Waals surface area contributed by atoms with E-state index in [9.17, 15) is 8.76 Å². The first-order valence-corrected chi connectivity index (χ1v) is 5.52. The predicted molar refractivity (Wildman–Crippen MR) is 51.5 cm³/mol. The Morgan fingerprint density at radius 2 is 2.31 bits per heavy atom. The Morgan fingerprint density at radius 3 is 3.00 bits per heavy atom. The van der Waals surface area contributed by atoms with Crippen molar-refractivity contribution in [3.8, 4) is 0 Å². The lowest BCUT2D eigenvalue weighted by Crippen LogP contribution is -1.85. The lowest BCUT2D eigenvalue weighted by atomic mass is 10.2. The molecule has 0 N–H and O–H groups in total. The van der Waals surface area contributed by atoms with Crippen molar-refractivity contribution in [2.75, 3.05) is 0 Å². The first kappa shape index (κ1) is 8.80. The highest BCUT2D eigenvalue weighted by atomic mass is 32.2. The topological polar surface area (TPSA) is 53.0 Å². The van der Waals surface area contributed by atoms with Crippen molar-refractivity contribution in [2.45, 2.75) is 11.3 Å². The van der Waals surface area contributed by atoms with Crippen LogP contribution in [0.2, 0.25) is 0 Å². The summed E-state index contributed by atoms with van der Waals surface area (Å²) < 4.78 is 22.3. The largest absolute Gasteiger partial charge is 0.767 e. The summed E-state index contributed by atoms with van der Waals surface area (Å²) in [5.74, 6) is 0. The number of fused-ring (bicyclic) bond motifs is 1. The van der Waals surface area contributed by atoms with E-state index in [1.807, 2.05) is 25.1 Å². The van der Waals surface area contributed by atoms with E-state index in [1.54, 1.807) is 0 Å². The second-order valence-electron chi connectivity index (χ2n) is 2.69. The molecule has 1 aromatic heterocycles. The minimum atomic E-state index is -2.21. The zero-order valence-electron chi connectivity index (χ0n) is 6.81. The maximum atomic E-state index is 10.6. The Kier molecular flexibility index (Phi) is 2.15. The summed E-state index contributed by atoms with van der Waals surface area (Å²) in [5, 5.41) is 0. The smallest absolute Gasteiger partial charge is 0.168 e. The third-order valence-corrected chi connectivity index (χ3v) is 3.53. The van der Waals surface area contributed by atoms with Crippen LogP contribution in [0.4, 0.5) is 0 Å². The number of thiazole rings is 1. The second kappa shape index (κ2) is 3.17. The number of nitrogens with zero attached hydrogens (tertiary/aromatic N) is 1. The maximum Gasteiger partial charge on any atom is 0.168 e. The average Bonchev–Trinajstić information content (AvgIpc) is 2.46. The fraction of sp³-hybridized carbons (Fsp3) is 0.125. The van der Waals surface area contributed by atoms with Crippen molar-refractivity contribution >= 4 is 32.6 Å². The van der Waals surface area contributed by atoms with Gasteiger partial charge in [0, 0.05) is 11.1 Å². The quantitative estimate of drug-likeness (QED) is 0.678. The van der Waals surface area contributed by atoms with E-state index >= 15 is 0 Å². The number of rotatable bonds is 1. The molecule has 1 heterocycles. The molecule has 2 aromatic rings. The van der Waals surface area contributed by atoms with Gasteiger partial charge in [-0.15, -0.1) is 11.3 Å². The van der Waals surface area contributed by atoms with E-state index < -0.39 is 11.1 Å². The highest BCUT2D eigenvalue weighted by Gasteiger charge is 2.03. The van der Waals surface area contributed by atoms with Crippen LogP contribution in [0.3, 0.4) is 0 Å². The first-order chi connectivity index (χ1) is 6.16. The van der Waals surface area contributed by atoms with Crippen LogP contribution in [0.1, 0.15) is 5.56 Å². The Bertz CT molecular complexity index is 478. The van der Waals surface area contributed by atoms with Crippen LogP contribution in [0.25, 0.3) is 10.2 Å². The average molecular weight is 212 g/mol. The SMILES string of the molecule is Cc1ccc2sc(S(=O)[O-])nc2c1. The molecule has 3 nitrogen and oxygen atoms in total. The van der Waals surface area contributed by atoms with Crippen molar-refractivity contribution < 1.29 is 8.76 Å². The van der Waals surface area contributed by atoms with Crippen molar-refractivity contribution in [3.63, 3.8) is 0 Å². The molecule has 0 aliphatic rings. The molecule has 1 unspecified atom stereocenters. The number of benzene rings is 1. The molecule has 0 saturated heterocycles. The normalized spacial score (nSPS) is 13.4. The van der Waals surface area contributed by atoms with Gasteiger partial charge in [-0.25, -0.2) is 4.98 Å². The molecule has 5 heteroatoms. The third-order valence-electron chi connectivity index (χ3n) is 1.67. The van der Waals surface area contributed by atoms with Gasteiger partial charge >= 0.3 is 0 Å². The van der Waals surface area contributed by atoms with Gasteiger partial charge in [-0.1, -0.05) is 6.07 Å². The van der Waals surface area contributed by atoms with Gasteiger partial charge < -0.3 is 4.55 Å². The second-order valence-corrected chi connectivity index (χ2v) is 4.83. The molecule has 0 bridgehead atoms. The van der Waals surface area contributed by atoms with E-state index in [-0.39, 0.29) is 4.34 Å². The van der Waals surface area contributed by atoms with E-state index in [4.69, 9.17) is 0 Å². The van der Waals surface area contributed by atoms with Crippen molar-refractivity contribution in [3.05, 3.63) is 23.8 Å². The third kappa shape index (κ3) is 1.63. The first-order valence-electron chi connectivity index (χ1n) is 3.63. The van der Waals surface area contributed by atoms with Gasteiger partial charge in [0.15, 0.2) is 4.34 Å². The summed E-state index contributed by atoms with van der Waals surface area (Å²) in [7, 11) is 0. The summed E-state index contributed by atoms with van der Waals surface area (Å²) >= 11 is -1.02. The summed E-state index contributed by atoms with van der Waals surface area (Å²) in [5.41, 5.74) is 1.84. The molecule has 0 fully saturated rings. The molecular formula is C8H6NO2S2-. The fourth-order valence-corrected chi connectivity index (χ4v) is 2.48. The van der Waals surface area contributed by atoms with Gasteiger partial charge in [0.2, 0.25) is 0 Å². The van der Waals surface area contributed by atoms with Crippen LogP contribution >= 0.6 is 11.3 Å². The molecule has 68 valence electrons. The molecular weight excluding hydrogens is 206 g/mol. The number of aryl methyl sites for hydroxylation is 1. The van der Waals surface area contributed by atoms with Crippen molar-refractivity contribution in [1.82, 2.24) is 4.98 Å². The van der Waals surface area contributed by atoms with Crippen LogP contribution < -0.4 is 0 Å². The number of hydrogen-bond acceptors (Lipinski definition) is 4. The van der Waals surface area contributed by atoms with E-state index in [0.29, 0.717) is 0 Å². The standard InChI is InChI=1S/C8H7NO2S2/c1-5-2-3-7-6(4-5)9-8(12-7)13(10)11/h2-4H,1H3,(H,10,11)/p-1. The van der Waals surface area contributed by atoms with Gasteiger partial charge in [-0.2, -0.15) is 0 Å². The van der Waals surface area contributed by atoms with Gasteiger partial charge in [-0.3, -0.25) is 4.21 Å². The van der Waals surface area contributed by atoms with Gasteiger partial charge in [0.25, 0.3) is 0 Å². The Balaban J connectivity index is 2.68. The van der Waals surface area contributed by atoms with E-state index in [2.05, 4.69) is 4.98 Å². The van der Waals surface area contributed by atoms with Crippen molar-refractivity contribution in [2.24, 2.45) is 0 Å². The highest BCUT2D eigenvalue weighted by molar-refractivity contribution is 7.81. The molecule has 0 aliphatic carbocycles. The van der Waals surface area contributed by atoms with Crippen molar-refractivity contribution in [1.29, 1.82) is 0 Å². The lowest BCUT2D eigenvalue weighted by molar-refractivity contribution is 0.536. The number of aromatic nitrogens is 1. The molecule has 0 amide bonds. The van der Waals surface area contributed by atoms with Crippen LogP contribution in [0.5, 0.6) is 0 Å². The minimum Gasteiger partial charge on any atom is -0.767 e. The number of hydrogen-bond donors (Lipinski definition) is 0. The predicted octanol–water partition coefficient (Wildman–Crippen LogP) is 1.84. The molecule has 0 spiro atoms. The zero-order valence-corrected chi connectivity index (χ0v) is 8.45. The summed E-state index contributed by atoms with van der Waals surface area (Å²) in [4.78, 5) is 3.98. The molecule has 0 radical (unpaired) electrons. The zero-order chi connectivity index (χ0) is 9.42. The molecule has 1 aromatic carbocycles. The fourth-order valence-electron chi connectivity index (χ4n) is 1.09. The molecule has 0 saturated carbocycles. The molecule has 13 heavy (non-hydrogen) atoms. The minimum absolute atomic E-state index is 0.153.